The summed E-state index contributed by atoms with van der Waals surface area (Å²) in [4.78, 5) is 0. The van der Waals surface area contributed by atoms with E-state index in [2.05, 4.69) is 18.4 Å². The lowest BCUT2D eigenvalue weighted by Gasteiger charge is -2.01. The highest BCUT2D eigenvalue weighted by Crippen LogP contribution is 2.11. The first-order valence-electron chi connectivity index (χ1n) is 7.90. The van der Waals surface area contributed by atoms with Crippen LogP contribution in [0, 0.1) is 0 Å². The van der Waals surface area contributed by atoms with Crippen LogP contribution in [0.25, 0.3) is 0 Å². The summed E-state index contributed by atoms with van der Waals surface area (Å²) >= 11 is 0. The number of hydrogen-bond acceptors (Lipinski definition) is 3. The molecule has 0 spiro atoms. The predicted octanol–water partition coefficient (Wildman–Crippen LogP) is 3.76. The quantitative estimate of drug-likeness (QED) is 0.395. The van der Waals surface area contributed by atoms with E-state index in [1.807, 2.05) is 0 Å². The van der Waals surface area contributed by atoms with Gasteiger partial charge in [-0.2, -0.15) is 0 Å². The van der Waals surface area contributed by atoms with Crippen molar-refractivity contribution in [1.82, 2.24) is 0 Å². The molecule has 0 heterocycles. The number of unbranched alkanes of at least 4 members (excludes halogenated alkanes) is 11. The highest BCUT2D eigenvalue weighted by atomic mass is 16.5. The summed E-state index contributed by atoms with van der Waals surface area (Å²) < 4.78 is 3.69. The van der Waals surface area contributed by atoms with Gasteiger partial charge in [0.25, 0.3) is 0 Å². The van der Waals surface area contributed by atoms with Crippen LogP contribution < -0.4 is 0 Å². The van der Waals surface area contributed by atoms with Gasteiger partial charge in [0, 0.05) is 0 Å². The van der Waals surface area contributed by atoms with Crippen LogP contribution in [0.5, 0.6) is 0 Å². The zero-order chi connectivity index (χ0) is 14.6. The van der Waals surface area contributed by atoms with E-state index in [0.717, 1.165) is 0 Å². The molecule has 19 heavy (non-hydrogen) atoms. The molecule has 2 N–H and O–H groups in total. The molecule has 2 radical (unpaired) electrons. The topological polar surface area (TPSA) is 49.7 Å². The molecule has 0 aromatic rings. The lowest BCUT2D eigenvalue weighted by molar-refractivity contribution is 0.408. The molecule has 3 nitrogen and oxygen atoms in total. The van der Waals surface area contributed by atoms with Gasteiger partial charge in [0.1, 0.15) is 0 Å². The SMILES string of the molecule is CCCCCCCCCCCCCC.O[B]O[B]O. The summed E-state index contributed by atoms with van der Waals surface area (Å²) in [5, 5.41) is 15.1. The molecule has 0 atom stereocenters. The van der Waals surface area contributed by atoms with E-state index < -0.39 is 0 Å². The van der Waals surface area contributed by atoms with Gasteiger partial charge in [0.05, 0.1) is 0 Å². The molecule has 0 aliphatic carbocycles. The molecule has 0 fully saturated rings. The van der Waals surface area contributed by atoms with Crippen molar-refractivity contribution < 1.29 is 14.6 Å². The molecule has 5 heteroatoms. The Morgan fingerprint density at radius 1 is 0.579 bits per heavy atom. The van der Waals surface area contributed by atoms with Gasteiger partial charge in [-0.1, -0.05) is 90.9 Å². The van der Waals surface area contributed by atoms with Crippen molar-refractivity contribution in [1.29, 1.82) is 0 Å². The Balaban J connectivity index is 0. The van der Waals surface area contributed by atoms with E-state index in [9.17, 15) is 0 Å². The van der Waals surface area contributed by atoms with Crippen molar-refractivity contribution in [3.8, 4) is 0 Å². The molecule has 0 bridgehead atoms. The van der Waals surface area contributed by atoms with Gasteiger partial charge in [-0.15, -0.1) is 0 Å². The van der Waals surface area contributed by atoms with Gasteiger partial charge >= 0.3 is 15.4 Å². The van der Waals surface area contributed by atoms with E-state index in [-0.39, 0.29) is 0 Å². The fourth-order valence-corrected chi connectivity index (χ4v) is 1.94. The Labute approximate surface area is 121 Å². The smallest absolute Gasteiger partial charge is 0.456 e. The standard InChI is InChI=1S/C14H30.B2H2O3/c1-3-5-7-9-11-13-14-12-10-8-6-4-2;3-1-5-2-4/h3-14H2,1-2H3;3-4H. The predicted molar refractivity (Wildman–Crippen MR) is 83.8 cm³/mol. The molecule has 112 valence electrons. The Kier molecular flexibility index (Phi) is 25.9. The normalized spacial score (nSPS) is 9.68. The molecule has 0 aliphatic heterocycles. The lowest BCUT2D eigenvalue weighted by Crippen LogP contribution is -2.00. The van der Waals surface area contributed by atoms with Gasteiger partial charge in [-0.05, 0) is 0 Å². The van der Waals surface area contributed by atoms with E-state index >= 15 is 0 Å². The average molecular weight is 270 g/mol. The fourth-order valence-electron chi connectivity index (χ4n) is 1.94. The van der Waals surface area contributed by atoms with Gasteiger partial charge in [0.2, 0.25) is 0 Å². The van der Waals surface area contributed by atoms with Gasteiger partial charge in [-0.25, -0.2) is 0 Å². The molecule has 0 saturated heterocycles. The number of rotatable bonds is 13. The molecule has 0 aromatic carbocycles. The Morgan fingerprint density at radius 3 is 1.00 bits per heavy atom. The molecule has 0 aromatic heterocycles. The van der Waals surface area contributed by atoms with Crippen molar-refractivity contribution in [2.24, 2.45) is 0 Å². The van der Waals surface area contributed by atoms with Crippen molar-refractivity contribution in [2.45, 2.75) is 90.9 Å². The van der Waals surface area contributed by atoms with Crippen LogP contribution in [0.2, 0.25) is 0 Å². The van der Waals surface area contributed by atoms with Gasteiger partial charge in [0.15, 0.2) is 0 Å². The largest absolute Gasteiger partial charge is 0.469 e. The zero-order valence-corrected chi connectivity index (χ0v) is 12.9. The van der Waals surface area contributed by atoms with Crippen LogP contribution in [-0.4, -0.2) is 25.4 Å². The lowest BCUT2D eigenvalue weighted by atomic mass is 10.1. The van der Waals surface area contributed by atoms with Crippen LogP contribution in [0.1, 0.15) is 90.9 Å². The van der Waals surface area contributed by atoms with Crippen LogP contribution >= 0.6 is 0 Å². The minimum atomic E-state index is 0.375. The maximum absolute atomic E-state index is 7.53. The molecule has 0 unspecified atom stereocenters. The zero-order valence-electron chi connectivity index (χ0n) is 12.9. The molecule has 0 aliphatic rings. The molecular weight excluding hydrogens is 238 g/mol. The summed E-state index contributed by atoms with van der Waals surface area (Å²) in [7, 11) is 0.750. The third-order valence-corrected chi connectivity index (χ3v) is 3.08. The highest BCUT2D eigenvalue weighted by molar-refractivity contribution is 6.32. The first-order valence-corrected chi connectivity index (χ1v) is 7.90. The second-order valence-electron chi connectivity index (χ2n) is 4.88. The molecular formula is C14H32B2O3. The van der Waals surface area contributed by atoms with Crippen molar-refractivity contribution in [3.05, 3.63) is 0 Å². The van der Waals surface area contributed by atoms with E-state index in [1.165, 1.54) is 77.0 Å². The Morgan fingerprint density at radius 2 is 0.842 bits per heavy atom. The summed E-state index contributed by atoms with van der Waals surface area (Å²) in [6.45, 7) is 4.57. The van der Waals surface area contributed by atoms with Crippen molar-refractivity contribution in [3.63, 3.8) is 0 Å². The van der Waals surface area contributed by atoms with Gasteiger partial charge in [-0.3, -0.25) is 0 Å². The second-order valence-corrected chi connectivity index (χ2v) is 4.88. The first kappa shape index (κ1) is 21.3. The summed E-state index contributed by atoms with van der Waals surface area (Å²) in [6, 6.07) is 0. The third kappa shape index (κ3) is 27.3. The van der Waals surface area contributed by atoms with E-state index in [0.29, 0.717) is 15.4 Å². The maximum Gasteiger partial charge on any atom is 0.469 e. The van der Waals surface area contributed by atoms with Crippen LogP contribution in [-0.2, 0) is 4.57 Å². The minimum absolute atomic E-state index is 0.375. The third-order valence-electron chi connectivity index (χ3n) is 3.08. The first-order chi connectivity index (χ1) is 9.33. The monoisotopic (exact) mass is 270 g/mol. The molecule has 0 rings (SSSR count). The minimum Gasteiger partial charge on any atom is -0.456 e. The van der Waals surface area contributed by atoms with Crippen molar-refractivity contribution in [2.75, 3.05) is 0 Å². The molecule has 0 saturated carbocycles. The highest BCUT2D eigenvalue weighted by Gasteiger charge is 1.91. The van der Waals surface area contributed by atoms with Crippen molar-refractivity contribution >= 4 is 15.4 Å². The summed E-state index contributed by atoms with van der Waals surface area (Å²) in [5.41, 5.74) is 0. The average Bonchev–Trinajstić information content (AvgIpc) is 2.43. The summed E-state index contributed by atoms with van der Waals surface area (Å²) in [5.74, 6) is 0. The van der Waals surface area contributed by atoms with Crippen LogP contribution in [0.15, 0.2) is 0 Å². The van der Waals surface area contributed by atoms with E-state index in [1.54, 1.807) is 0 Å². The van der Waals surface area contributed by atoms with E-state index in [4.69, 9.17) is 10.0 Å². The Bertz CT molecular complexity index is 124. The summed E-state index contributed by atoms with van der Waals surface area (Å²) in [6.07, 6.45) is 17.4. The second kappa shape index (κ2) is 23.1. The van der Waals surface area contributed by atoms with Crippen LogP contribution in [0.3, 0.4) is 0 Å². The fraction of sp³-hybridized carbons (Fsp3) is 1.00. The van der Waals surface area contributed by atoms with Crippen LogP contribution in [0.4, 0.5) is 0 Å². The van der Waals surface area contributed by atoms with Gasteiger partial charge < -0.3 is 14.6 Å². The number of hydrogen-bond donors (Lipinski definition) is 2. The Hall–Kier alpha value is 0.00987. The maximum atomic E-state index is 7.53. The molecule has 0 amide bonds.